The number of likely N-dealkylation sites (tertiary alicyclic amines) is 1. The Kier molecular flexibility index (Phi) is 4.00. The van der Waals surface area contributed by atoms with Gasteiger partial charge in [0.05, 0.1) is 6.42 Å². The summed E-state index contributed by atoms with van der Waals surface area (Å²) in [5.74, 6) is 0.301. The van der Waals surface area contributed by atoms with E-state index in [1.54, 1.807) is 12.1 Å². The number of amides is 1. The fourth-order valence-corrected chi connectivity index (χ4v) is 2.52. The first-order valence-electron chi connectivity index (χ1n) is 5.80. The second-order valence-corrected chi connectivity index (χ2v) is 4.65. The Labute approximate surface area is 105 Å². The van der Waals surface area contributed by atoms with Crippen LogP contribution in [-0.2, 0) is 11.2 Å². The van der Waals surface area contributed by atoms with E-state index in [9.17, 15) is 9.18 Å². The Balaban J connectivity index is 1.99. The molecule has 0 saturated carbocycles. The summed E-state index contributed by atoms with van der Waals surface area (Å²) in [5, 5.41) is 0. The normalized spacial score (nSPS) is 19.6. The summed E-state index contributed by atoms with van der Waals surface area (Å²) >= 11 is 5.83. The van der Waals surface area contributed by atoms with Crippen LogP contribution in [0.2, 0.25) is 0 Å². The van der Waals surface area contributed by atoms with Gasteiger partial charge in [-0.05, 0) is 30.5 Å². The molecule has 0 aromatic heterocycles. The van der Waals surface area contributed by atoms with Crippen molar-refractivity contribution in [3.63, 3.8) is 0 Å². The van der Waals surface area contributed by atoms with Crippen LogP contribution in [0.25, 0.3) is 0 Å². The van der Waals surface area contributed by atoms with Gasteiger partial charge in [0.15, 0.2) is 0 Å². The summed E-state index contributed by atoms with van der Waals surface area (Å²) in [6.45, 7) is 0.789. The van der Waals surface area contributed by atoms with E-state index in [1.165, 1.54) is 12.1 Å². The molecule has 1 aromatic rings. The lowest BCUT2D eigenvalue weighted by Gasteiger charge is -2.22. The molecule has 1 aliphatic rings. The summed E-state index contributed by atoms with van der Waals surface area (Å²) in [7, 11) is 0. The average Bonchev–Trinajstić information content (AvgIpc) is 2.80. The first-order valence-corrected chi connectivity index (χ1v) is 6.34. The summed E-state index contributed by atoms with van der Waals surface area (Å²) in [6.07, 6.45) is 2.33. The van der Waals surface area contributed by atoms with Gasteiger partial charge >= 0.3 is 0 Å². The van der Waals surface area contributed by atoms with Crippen molar-refractivity contribution in [1.29, 1.82) is 0 Å². The lowest BCUT2D eigenvalue weighted by atomic mass is 10.1. The Morgan fingerprint density at radius 1 is 1.41 bits per heavy atom. The smallest absolute Gasteiger partial charge is 0.227 e. The number of nitrogens with zero attached hydrogens (tertiary/aromatic N) is 1. The van der Waals surface area contributed by atoms with Crippen molar-refractivity contribution in [2.45, 2.75) is 25.3 Å². The van der Waals surface area contributed by atoms with Gasteiger partial charge in [0.2, 0.25) is 5.91 Å². The number of hydrogen-bond donors (Lipinski definition) is 0. The van der Waals surface area contributed by atoms with Gasteiger partial charge in [-0.2, -0.15) is 0 Å². The van der Waals surface area contributed by atoms with Crippen LogP contribution in [0.15, 0.2) is 24.3 Å². The lowest BCUT2D eigenvalue weighted by Crippen LogP contribution is -2.37. The third-order valence-electron chi connectivity index (χ3n) is 3.14. The summed E-state index contributed by atoms with van der Waals surface area (Å²) < 4.78 is 12.7. The average molecular weight is 256 g/mol. The number of alkyl halides is 1. The number of hydrogen-bond acceptors (Lipinski definition) is 1. The molecule has 0 N–H and O–H groups in total. The molecule has 0 spiro atoms. The van der Waals surface area contributed by atoms with Gasteiger partial charge in [0, 0.05) is 18.5 Å². The third-order valence-corrected chi connectivity index (χ3v) is 3.50. The molecule has 0 bridgehead atoms. The quantitative estimate of drug-likeness (QED) is 0.761. The monoisotopic (exact) mass is 255 g/mol. The molecular formula is C13H15ClFNO. The van der Waals surface area contributed by atoms with E-state index in [1.807, 2.05) is 4.90 Å². The molecule has 0 aliphatic carbocycles. The first kappa shape index (κ1) is 12.4. The lowest BCUT2D eigenvalue weighted by molar-refractivity contribution is -0.130. The maximum Gasteiger partial charge on any atom is 0.227 e. The maximum atomic E-state index is 12.7. The van der Waals surface area contributed by atoms with Gasteiger partial charge < -0.3 is 4.90 Å². The zero-order valence-electron chi connectivity index (χ0n) is 9.53. The van der Waals surface area contributed by atoms with Crippen molar-refractivity contribution in [3.05, 3.63) is 35.6 Å². The molecule has 1 aliphatic heterocycles. The molecule has 0 unspecified atom stereocenters. The predicted molar refractivity (Wildman–Crippen MR) is 65.6 cm³/mol. The van der Waals surface area contributed by atoms with Crippen molar-refractivity contribution < 1.29 is 9.18 Å². The van der Waals surface area contributed by atoms with Gasteiger partial charge in [0.1, 0.15) is 5.82 Å². The molecule has 1 aromatic carbocycles. The molecule has 17 heavy (non-hydrogen) atoms. The van der Waals surface area contributed by atoms with Crippen LogP contribution in [0.4, 0.5) is 4.39 Å². The molecule has 1 heterocycles. The van der Waals surface area contributed by atoms with Crippen LogP contribution in [0, 0.1) is 5.82 Å². The molecule has 2 nitrogen and oxygen atoms in total. The number of benzene rings is 1. The minimum atomic E-state index is -0.277. The Hall–Kier alpha value is -1.09. The number of carbonyl (C=O) groups excluding carboxylic acids is 1. The van der Waals surface area contributed by atoms with Crippen LogP contribution < -0.4 is 0 Å². The van der Waals surface area contributed by atoms with Gasteiger partial charge in [-0.3, -0.25) is 4.79 Å². The van der Waals surface area contributed by atoms with Crippen molar-refractivity contribution in [2.24, 2.45) is 0 Å². The van der Waals surface area contributed by atoms with E-state index in [2.05, 4.69) is 0 Å². The molecule has 4 heteroatoms. The highest BCUT2D eigenvalue weighted by molar-refractivity contribution is 6.18. The Morgan fingerprint density at radius 3 is 2.76 bits per heavy atom. The number of carbonyl (C=O) groups is 1. The summed E-state index contributed by atoms with van der Waals surface area (Å²) in [6, 6.07) is 6.24. The highest BCUT2D eigenvalue weighted by atomic mass is 35.5. The van der Waals surface area contributed by atoms with Gasteiger partial charge in [-0.15, -0.1) is 11.6 Å². The second kappa shape index (κ2) is 5.50. The van der Waals surface area contributed by atoms with Crippen molar-refractivity contribution >= 4 is 17.5 Å². The topological polar surface area (TPSA) is 20.3 Å². The maximum absolute atomic E-state index is 12.7. The van der Waals surface area contributed by atoms with E-state index >= 15 is 0 Å². The second-order valence-electron chi connectivity index (χ2n) is 4.34. The van der Waals surface area contributed by atoms with Gasteiger partial charge in [-0.25, -0.2) is 4.39 Å². The van der Waals surface area contributed by atoms with Crippen LogP contribution in [0.5, 0.6) is 0 Å². The van der Waals surface area contributed by atoms with Gasteiger partial charge in [-0.1, -0.05) is 12.1 Å². The standard InChI is InChI=1S/C13H15ClFNO/c14-9-12-2-1-7-16(12)13(17)8-10-3-5-11(15)6-4-10/h3-6,12H,1-2,7-9H2/t12-/m0/s1. The predicted octanol–water partition coefficient (Wildman–Crippen LogP) is 2.60. The number of halogens is 2. The van der Waals surface area contributed by atoms with Crippen molar-refractivity contribution in [2.75, 3.05) is 12.4 Å². The third kappa shape index (κ3) is 2.97. The Bertz CT molecular complexity index is 393. The molecule has 2 rings (SSSR count). The van der Waals surface area contributed by atoms with Crippen molar-refractivity contribution in [1.82, 2.24) is 4.90 Å². The minimum Gasteiger partial charge on any atom is -0.338 e. The minimum absolute atomic E-state index is 0.0831. The van der Waals surface area contributed by atoms with Crippen LogP contribution in [-0.4, -0.2) is 29.3 Å². The molecule has 1 fully saturated rings. The zero-order chi connectivity index (χ0) is 12.3. The van der Waals surface area contributed by atoms with Crippen molar-refractivity contribution in [3.8, 4) is 0 Å². The molecule has 1 atom stereocenters. The summed E-state index contributed by atoms with van der Waals surface area (Å²) in [5.41, 5.74) is 0.844. The van der Waals surface area contributed by atoms with E-state index in [4.69, 9.17) is 11.6 Å². The molecule has 1 amide bonds. The van der Waals surface area contributed by atoms with E-state index in [-0.39, 0.29) is 17.8 Å². The highest BCUT2D eigenvalue weighted by Gasteiger charge is 2.27. The molecule has 92 valence electrons. The first-order chi connectivity index (χ1) is 8.20. The molecular weight excluding hydrogens is 241 g/mol. The molecule has 0 radical (unpaired) electrons. The van der Waals surface area contributed by atoms with Gasteiger partial charge in [0.25, 0.3) is 0 Å². The SMILES string of the molecule is O=C(Cc1ccc(F)cc1)N1CCC[C@H]1CCl. The zero-order valence-corrected chi connectivity index (χ0v) is 10.3. The Morgan fingerprint density at radius 2 is 2.12 bits per heavy atom. The van der Waals surface area contributed by atoms with Crippen LogP contribution in [0.1, 0.15) is 18.4 Å². The fraction of sp³-hybridized carbons (Fsp3) is 0.462. The molecule has 1 saturated heterocycles. The number of rotatable bonds is 3. The van der Waals surface area contributed by atoms with E-state index in [0.29, 0.717) is 12.3 Å². The highest BCUT2D eigenvalue weighted by Crippen LogP contribution is 2.19. The van der Waals surface area contributed by atoms with E-state index in [0.717, 1.165) is 24.9 Å². The fourth-order valence-electron chi connectivity index (χ4n) is 2.20. The van der Waals surface area contributed by atoms with E-state index < -0.39 is 0 Å². The van der Waals surface area contributed by atoms with Crippen LogP contribution >= 0.6 is 11.6 Å². The largest absolute Gasteiger partial charge is 0.338 e. The van der Waals surface area contributed by atoms with Crippen LogP contribution in [0.3, 0.4) is 0 Å². The summed E-state index contributed by atoms with van der Waals surface area (Å²) in [4.78, 5) is 13.9.